The fourth-order valence-electron chi connectivity index (χ4n) is 3.36. The molecule has 3 N–H and O–H groups in total. The van der Waals surface area contributed by atoms with Crippen LogP contribution in [0.4, 0.5) is 16.2 Å². The molecule has 3 aromatic heterocycles. The summed E-state index contributed by atoms with van der Waals surface area (Å²) in [5, 5.41) is 4.27. The van der Waals surface area contributed by atoms with Crippen LogP contribution in [0.3, 0.4) is 0 Å². The SMILES string of the molecule is CC(C)(C)OC(=O)N1CC=C(c2cc3c(Nc4ccc(=O)[nH]c4)ccnc3[nH]2)CC1. The molecule has 8 heteroatoms. The average molecular weight is 407 g/mol. The molecule has 0 atom stereocenters. The normalized spacial score (nSPS) is 14.5. The van der Waals surface area contributed by atoms with Crippen LogP contribution in [-0.4, -0.2) is 44.6 Å². The topological polar surface area (TPSA) is 103 Å². The number of rotatable bonds is 3. The molecule has 0 fully saturated rings. The number of hydrogen-bond acceptors (Lipinski definition) is 5. The van der Waals surface area contributed by atoms with E-state index in [0.29, 0.717) is 13.1 Å². The summed E-state index contributed by atoms with van der Waals surface area (Å²) in [6.45, 7) is 6.71. The van der Waals surface area contributed by atoms with Gasteiger partial charge in [0.05, 0.1) is 11.4 Å². The molecule has 30 heavy (non-hydrogen) atoms. The molecule has 156 valence electrons. The monoisotopic (exact) mass is 407 g/mol. The minimum atomic E-state index is -0.501. The van der Waals surface area contributed by atoms with Crippen LogP contribution < -0.4 is 10.9 Å². The predicted molar refractivity (Wildman–Crippen MR) is 117 cm³/mol. The number of H-pyrrole nitrogens is 2. The maximum absolute atomic E-state index is 12.3. The van der Waals surface area contributed by atoms with E-state index in [1.54, 1.807) is 23.4 Å². The van der Waals surface area contributed by atoms with Gasteiger partial charge in [0.15, 0.2) is 0 Å². The third-order valence-electron chi connectivity index (χ3n) is 4.80. The van der Waals surface area contributed by atoms with Gasteiger partial charge in [-0.15, -0.1) is 0 Å². The molecule has 0 saturated carbocycles. The van der Waals surface area contributed by atoms with Crippen molar-refractivity contribution in [3.8, 4) is 0 Å². The van der Waals surface area contributed by atoms with Gasteiger partial charge in [0.25, 0.3) is 0 Å². The van der Waals surface area contributed by atoms with Gasteiger partial charge in [-0.05, 0) is 51.0 Å². The maximum atomic E-state index is 12.3. The minimum absolute atomic E-state index is 0.144. The number of carbonyl (C=O) groups excluding carboxylic acids is 1. The number of nitrogens with one attached hydrogen (secondary N) is 3. The number of amides is 1. The number of fused-ring (bicyclic) bond motifs is 1. The number of carbonyl (C=O) groups is 1. The Morgan fingerprint density at radius 2 is 2.10 bits per heavy atom. The summed E-state index contributed by atoms with van der Waals surface area (Å²) in [6.07, 6.45) is 5.86. The van der Waals surface area contributed by atoms with Crippen LogP contribution in [-0.2, 0) is 4.74 Å². The van der Waals surface area contributed by atoms with E-state index in [1.165, 1.54) is 6.07 Å². The van der Waals surface area contributed by atoms with Crippen LogP contribution in [0, 0.1) is 0 Å². The molecule has 0 aromatic carbocycles. The highest BCUT2D eigenvalue weighted by Crippen LogP contribution is 2.30. The number of aromatic nitrogens is 3. The zero-order chi connectivity index (χ0) is 21.3. The molecular weight excluding hydrogens is 382 g/mol. The Bertz CT molecular complexity index is 1150. The van der Waals surface area contributed by atoms with Gasteiger partial charge < -0.3 is 24.9 Å². The second-order valence-corrected chi connectivity index (χ2v) is 8.28. The standard InChI is InChI=1S/C22H25N5O3/c1-22(2,3)30-21(29)27-10-7-14(8-11-27)18-12-16-17(6-9-23-20(16)26-18)25-15-4-5-19(28)24-13-15/h4-7,9,12-13H,8,10-11H2,1-3H3,(H,24,28)(H2,23,25,26). The third kappa shape index (κ3) is 4.37. The van der Waals surface area contributed by atoms with Gasteiger partial charge in [-0.1, -0.05) is 6.08 Å². The van der Waals surface area contributed by atoms with Crippen LogP contribution in [0.1, 0.15) is 32.9 Å². The first kappa shape index (κ1) is 19.8. The first-order chi connectivity index (χ1) is 14.3. The summed E-state index contributed by atoms with van der Waals surface area (Å²) < 4.78 is 5.46. The second kappa shape index (κ2) is 7.70. The largest absolute Gasteiger partial charge is 0.444 e. The number of anilines is 2. The lowest BCUT2D eigenvalue weighted by Gasteiger charge is -2.29. The van der Waals surface area contributed by atoms with E-state index in [0.717, 1.165) is 40.1 Å². The molecule has 1 aliphatic heterocycles. The first-order valence-corrected chi connectivity index (χ1v) is 9.89. The lowest BCUT2D eigenvalue weighted by atomic mass is 10.0. The molecule has 0 radical (unpaired) electrons. The molecule has 0 saturated heterocycles. The van der Waals surface area contributed by atoms with Gasteiger partial charge in [-0.2, -0.15) is 0 Å². The van der Waals surface area contributed by atoms with Crippen molar-refractivity contribution < 1.29 is 9.53 Å². The van der Waals surface area contributed by atoms with Crippen LogP contribution in [0.25, 0.3) is 16.6 Å². The van der Waals surface area contributed by atoms with Crippen molar-refractivity contribution in [1.82, 2.24) is 19.9 Å². The fourth-order valence-corrected chi connectivity index (χ4v) is 3.36. The summed E-state index contributed by atoms with van der Waals surface area (Å²) in [6, 6.07) is 7.16. The Morgan fingerprint density at radius 1 is 1.27 bits per heavy atom. The first-order valence-electron chi connectivity index (χ1n) is 9.89. The minimum Gasteiger partial charge on any atom is -0.444 e. The number of aromatic amines is 2. The Kier molecular flexibility index (Phi) is 5.07. The molecule has 4 heterocycles. The fraction of sp³-hybridized carbons (Fsp3) is 0.318. The quantitative estimate of drug-likeness (QED) is 0.608. The lowest BCUT2D eigenvalue weighted by molar-refractivity contribution is 0.0270. The lowest BCUT2D eigenvalue weighted by Crippen LogP contribution is -2.39. The van der Waals surface area contributed by atoms with Gasteiger partial charge in [-0.3, -0.25) is 4.79 Å². The Morgan fingerprint density at radius 3 is 2.77 bits per heavy atom. The molecule has 1 aliphatic rings. The predicted octanol–water partition coefficient (Wildman–Crippen LogP) is 4.02. The smallest absolute Gasteiger partial charge is 0.410 e. The van der Waals surface area contributed by atoms with E-state index >= 15 is 0 Å². The summed E-state index contributed by atoms with van der Waals surface area (Å²) in [7, 11) is 0. The van der Waals surface area contributed by atoms with Crippen molar-refractivity contribution >= 4 is 34.1 Å². The van der Waals surface area contributed by atoms with E-state index in [2.05, 4.69) is 26.3 Å². The van der Waals surface area contributed by atoms with Crippen LogP contribution in [0.2, 0.25) is 0 Å². The Labute approximate surface area is 174 Å². The van der Waals surface area contributed by atoms with Crippen LogP contribution in [0.15, 0.2) is 47.5 Å². The van der Waals surface area contributed by atoms with E-state index in [-0.39, 0.29) is 11.7 Å². The van der Waals surface area contributed by atoms with E-state index in [1.807, 2.05) is 32.9 Å². The van der Waals surface area contributed by atoms with Crippen molar-refractivity contribution in [2.75, 3.05) is 18.4 Å². The zero-order valence-electron chi connectivity index (χ0n) is 17.3. The number of pyridine rings is 2. The van der Waals surface area contributed by atoms with Crippen molar-refractivity contribution in [2.24, 2.45) is 0 Å². The van der Waals surface area contributed by atoms with E-state index in [9.17, 15) is 9.59 Å². The summed E-state index contributed by atoms with van der Waals surface area (Å²) in [5.74, 6) is 0. The number of hydrogen-bond donors (Lipinski definition) is 3. The highest BCUT2D eigenvalue weighted by Gasteiger charge is 2.24. The van der Waals surface area contributed by atoms with Crippen molar-refractivity contribution in [2.45, 2.75) is 32.8 Å². The Balaban J connectivity index is 1.54. The number of nitrogens with zero attached hydrogens (tertiary/aromatic N) is 2. The third-order valence-corrected chi connectivity index (χ3v) is 4.80. The van der Waals surface area contributed by atoms with Gasteiger partial charge >= 0.3 is 6.09 Å². The van der Waals surface area contributed by atoms with Gasteiger partial charge in [0.1, 0.15) is 11.2 Å². The van der Waals surface area contributed by atoms with Gasteiger partial charge in [-0.25, -0.2) is 9.78 Å². The summed E-state index contributed by atoms with van der Waals surface area (Å²) in [4.78, 5) is 35.7. The van der Waals surface area contributed by atoms with Crippen LogP contribution in [0.5, 0.6) is 0 Å². The molecule has 1 amide bonds. The highest BCUT2D eigenvalue weighted by atomic mass is 16.6. The summed E-state index contributed by atoms with van der Waals surface area (Å²) in [5.41, 5.74) is 3.93. The van der Waals surface area contributed by atoms with E-state index in [4.69, 9.17) is 4.74 Å². The van der Waals surface area contributed by atoms with Crippen LogP contribution >= 0.6 is 0 Å². The maximum Gasteiger partial charge on any atom is 0.410 e. The molecule has 8 nitrogen and oxygen atoms in total. The zero-order valence-corrected chi connectivity index (χ0v) is 17.3. The molecule has 4 rings (SSSR count). The second-order valence-electron chi connectivity index (χ2n) is 8.28. The molecule has 0 unspecified atom stereocenters. The molecule has 0 aliphatic carbocycles. The Hall–Kier alpha value is -3.55. The molecular formula is C22H25N5O3. The van der Waals surface area contributed by atoms with E-state index < -0.39 is 5.60 Å². The van der Waals surface area contributed by atoms with Gasteiger partial charge in [0.2, 0.25) is 5.56 Å². The molecule has 3 aromatic rings. The number of ether oxygens (including phenoxy) is 1. The van der Waals surface area contributed by atoms with Crippen molar-refractivity contribution in [3.05, 3.63) is 58.8 Å². The van der Waals surface area contributed by atoms with Gasteiger partial charge in [0, 0.05) is 42.6 Å². The highest BCUT2D eigenvalue weighted by molar-refractivity contribution is 5.94. The summed E-state index contributed by atoms with van der Waals surface area (Å²) >= 11 is 0. The molecule has 0 spiro atoms. The van der Waals surface area contributed by atoms with Crippen molar-refractivity contribution in [1.29, 1.82) is 0 Å². The van der Waals surface area contributed by atoms with Crippen molar-refractivity contribution in [3.63, 3.8) is 0 Å². The molecule has 0 bridgehead atoms. The average Bonchev–Trinajstić information content (AvgIpc) is 3.14.